The number of ketones is 1. The molecule has 1 amide bonds. The molecule has 318 valence electrons. The number of nitrogens with zero attached hydrogens (tertiary/aromatic N) is 3. The zero-order valence-electron chi connectivity index (χ0n) is 35.3. The van der Waals surface area contributed by atoms with E-state index in [9.17, 15) is 24.3 Å². The summed E-state index contributed by atoms with van der Waals surface area (Å²) in [5.74, 6) is -4.34. The van der Waals surface area contributed by atoms with Crippen LogP contribution >= 0.6 is 0 Å². The molecule has 1 spiro atoms. The Morgan fingerprint density at radius 2 is 1.80 bits per heavy atom. The van der Waals surface area contributed by atoms with Gasteiger partial charge < -0.3 is 38.8 Å². The van der Waals surface area contributed by atoms with E-state index < -0.39 is 52.1 Å². The lowest BCUT2D eigenvalue weighted by atomic mass is 9.50. The number of carbonyl (C=O) groups excluding carboxylic acids is 5. The van der Waals surface area contributed by atoms with Gasteiger partial charge in [-0.25, -0.2) is 0 Å². The van der Waals surface area contributed by atoms with Crippen LogP contribution in [0.3, 0.4) is 0 Å². The molecule has 7 atom stereocenters. The third-order valence-electron chi connectivity index (χ3n) is 14.2. The zero-order valence-corrected chi connectivity index (χ0v) is 35.3. The molecule has 1 saturated heterocycles. The maximum absolute atomic E-state index is 15.2. The summed E-state index contributed by atoms with van der Waals surface area (Å²) in [6.45, 7) is 7.91. The predicted octanol–water partition coefficient (Wildman–Crippen LogP) is 4.59. The highest BCUT2D eigenvalue weighted by molar-refractivity contribution is 5.99. The first-order valence-corrected chi connectivity index (χ1v) is 20.8. The number of Topliss-reactive ketones (excluding diaryl/α,β-unsaturated/α-hetero) is 1. The lowest BCUT2D eigenvalue weighted by molar-refractivity contribution is -0.309. The number of para-hydroxylation sites is 1. The van der Waals surface area contributed by atoms with Crippen molar-refractivity contribution in [1.82, 2.24) is 14.8 Å². The number of esters is 3. The molecule has 8 rings (SSSR count). The maximum Gasteiger partial charge on any atom is 0.322 e. The lowest BCUT2D eigenvalue weighted by Crippen LogP contribution is -2.80. The number of ether oxygens (including phenoxy) is 4. The molecular weight excluding hydrogens is 769 g/mol. The minimum atomic E-state index is -2.34. The molecule has 0 radical (unpaired) electrons. The Labute approximate surface area is 349 Å². The molecule has 5 aliphatic rings. The van der Waals surface area contributed by atoms with Gasteiger partial charge in [-0.05, 0) is 61.1 Å². The average molecular weight is 823 g/mol. The van der Waals surface area contributed by atoms with Crippen molar-refractivity contribution in [2.45, 2.75) is 101 Å². The molecule has 2 aromatic carbocycles. The summed E-state index contributed by atoms with van der Waals surface area (Å²) in [6, 6.07) is 10.1. The Kier molecular flexibility index (Phi) is 10.3. The van der Waals surface area contributed by atoms with Crippen molar-refractivity contribution >= 4 is 46.7 Å². The molecule has 5 heterocycles. The van der Waals surface area contributed by atoms with Gasteiger partial charge >= 0.3 is 17.9 Å². The van der Waals surface area contributed by atoms with E-state index in [4.69, 9.17) is 18.9 Å². The number of hydrogen-bond donors (Lipinski definition) is 2. The number of aromatic nitrogens is 1. The molecule has 1 aromatic heterocycles. The Hall–Kier alpha value is -5.47. The van der Waals surface area contributed by atoms with Crippen LogP contribution in [0.2, 0.25) is 0 Å². The number of fused-ring (bicyclic) bond motifs is 4. The van der Waals surface area contributed by atoms with E-state index >= 15 is 4.79 Å². The smallest absolute Gasteiger partial charge is 0.322 e. The summed E-state index contributed by atoms with van der Waals surface area (Å²) < 4.78 is 24.2. The van der Waals surface area contributed by atoms with Gasteiger partial charge in [-0.3, -0.25) is 28.9 Å². The van der Waals surface area contributed by atoms with Gasteiger partial charge in [0.1, 0.15) is 23.0 Å². The third kappa shape index (κ3) is 5.69. The van der Waals surface area contributed by atoms with Gasteiger partial charge in [-0.2, -0.15) is 0 Å². The predicted molar refractivity (Wildman–Crippen MR) is 221 cm³/mol. The number of aromatic amines is 1. The number of benzene rings is 2. The number of hydrogen-bond acceptors (Lipinski definition) is 12. The fourth-order valence-corrected chi connectivity index (χ4v) is 12.1. The molecule has 0 bridgehead atoms. The van der Waals surface area contributed by atoms with E-state index in [0.717, 1.165) is 34.0 Å². The van der Waals surface area contributed by atoms with Crippen molar-refractivity contribution in [3.8, 4) is 5.75 Å². The SMILES string of the molecule is CC/C1=C/N(C=O)CCc2c([nH]c3ccccc23)[C@@](C(=O)OC)(c2cc3c(cc2OC)N(C)[C@H]2[C@@](O)(OC(C)=O)[C@H](OC(C)=O)C4(CC)C=CCN5CC[C@]32C54)CC(=O)C1. The largest absolute Gasteiger partial charge is 0.496 e. The van der Waals surface area contributed by atoms with Gasteiger partial charge in [0.05, 0.1) is 14.2 Å². The summed E-state index contributed by atoms with van der Waals surface area (Å²) in [5.41, 5.74) is 0.711. The Morgan fingerprint density at radius 1 is 1.03 bits per heavy atom. The number of H-pyrrole nitrogens is 1. The van der Waals surface area contributed by atoms with Gasteiger partial charge in [-0.15, -0.1) is 0 Å². The molecule has 2 fully saturated rings. The van der Waals surface area contributed by atoms with Crippen molar-refractivity contribution < 1.29 is 48.0 Å². The van der Waals surface area contributed by atoms with Crippen LogP contribution in [0.1, 0.15) is 82.2 Å². The monoisotopic (exact) mass is 822 g/mol. The highest BCUT2D eigenvalue weighted by atomic mass is 16.7. The second kappa shape index (κ2) is 14.9. The van der Waals surface area contributed by atoms with Crippen molar-refractivity contribution in [1.29, 1.82) is 0 Å². The molecule has 14 heteroatoms. The molecule has 4 aliphatic heterocycles. The fourth-order valence-electron chi connectivity index (χ4n) is 12.1. The number of rotatable bonds is 8. The summed E-state index contributed by atoms with van der Waals surface area (Å²) in [4.78, 5) is 77.7. The van der Waals surface area contributed by atoms with Gasteiger partial charge in [-0.1, -0.05) is 44.2 Å². The summed E-state index contributed by atoms with van der Waals surface area (Å²) in [6.07, 6.45) is 6.72. The highest BCUT2D eigenvalue weighted by Gasteiger charge is 2.79. The summed E-state index contributed by atoms with van der Waals surface area (Å²) >= 11 is 0. The minimum absolute atomic E-state index is 0.00745. The first-order chi connectivity index (χ1) is 28.7. The van der Waals surface area contributed by atoms with Crippen molar-refractivity contribution in [3.05, 3.63) is 82.7 Å². The van der Waals surface area contributed by atoms with Crippen LogP contribution < -0.4 is 9.64 Å². The number of methoxy groups -OCH3 is 2. The second-order valence-electron chi connectivity index (χ2n) is 17.0. The van der Waals surface area contributed by atoms with Crippen molar-refractivity contribution in [3.63, 3.8) is 0 Å². The molecule has 2 N–H and O–H groups in total. The van der Waals surface area contributed by atoms with Gasteiger partial charge in [0.25, 0.3) is 5.79 Å². The van der Waals surface area contributed by atoms with E-state index in [1.165, 1.54) is 28.1 Å². The molecule has 2 unspecified atom stereocenters. The van der Waals surface area contributed by atoms with E-state index in [-0.39, 0.29) is 31.2 Å². The topological polar surface area (TPSA) is 168 Å². The Bertz CT molecular complexity index is 2350. The van der Waals surface area contributed by atoms with Crippen LogP contribution in [-0.4, -0.2) is 115 Å². The minimum Gasteiger partial charge on any atom is -0.496 e. The highest BCUT2D eigenvalue weighted by Crippen LogP contribution is 2.68. The average Bonchev–Trinajstić information content (AvgIpc) is 3.88. The van der Waals surface area contributed by atoms with E-state index in [2.05, 4.69) is 9.88 Å². The summed E-state index contributed by atoms with van der Waals surface area (Å²) in [5, 5.41) is 14.1. The third-order valence-corrected chi connectivity index (χ3v) is 14.2. The first kappa shape index (κ1) is 41.3. The zero-order chi connectivity index (χ0) is 42.9. The van der Waals surface area contributed by atoms with E-state index in [1.54, 1.807) is 11.1 Å². The van der Waals surface area contributed by atoms with Crippen LogP contribution in [0, 0.1) is 5.41 Å². The van der Waals surface area contributed by atoms with Crippen LogP contribution in [0.4, 0.5) is 5.69 Å². The Morgan fingerprint density at radius 3 is 2.47 bits per heavy atom. The second-order valence-corrected chi connectivity index (χ2v) is 17.0. The molecule has 14 nitrogen and oxygen atoms in total. The number of anilines is 1. The summed E-state index contributed by atoms with van der Waals surface area (Å²) in [7, 11) is 4.63. The lowest BCUT2D eigenvalue weighted by Gasteiger charge is -2.63. The van der Waals surface area contributed by atoms with Gasteiger partial charge in [0.2, 0.25) is 6.41 Å². The first-order valence-electron chi connectivity index (χ1n) is 20.8. The number of carbonyl (C=O) groups is 5. The molecule has 60 heavy (non-hydrogen) atoms. The molecular formula is C46H54N4O10. The van der Waals surface area contributed by atoms with Gasteiger partial charge in [0.15, 0.2) is 6.10 Å². The van der Waals surface area contributed by atoms with Gasteiger partial charge in [0, 0.05) is 104 Å². The standard InChI is InChI=1S/C46H54N4O10/c1-8-29-21-30(54)24-45(42(55)58-7,38-32(15-19-49(25-29)26-51)31-13-10-11-14-35(31)47-38)34-22-33-36(23-37(34)57-6)48(5)40-44(33)17-20-50-18-12-16-43(9-2,39(44)50)41(59-27(3)52)46(40,56)60-28(4)53/h10-14,16,22-23,25-26,39-41,47,56H,8-9,15,17-21,24H2,1-7H3/b29-25-/t39?,40-,41-,43?,44-,45+,46-/m1/s1. The van der Waals surface area contributed by atoms with Crippen LogP contribution in [0.25, 0.3) is 10.9 Å². The van der Waals surface area contributed by atoms with E-state index in [0.29, 0.717) is 61.5 Å². The fraction of sp³-hybridized carbons (Fsp3) is 0.500. The molecule has 1 saturated carbocycles. The molecule has 3 aromatic rings. The number of likely N-dealkylation sites (N-methyl/N-ethyl adjacent to an activating group) is 1. The van der Waals surface area contributed by atoms with E-state index in [1.807, 2.05) is 74.3 Å². The quantitative estimate of drug-likeness (QED) is 0.107. The maximum atomic E-state index is 15.2. The van der Waals surface area contributed by atoms with Crippen molar-refractivity contribution in [2.24, 2.45) is 5.41 Å². The molecule has 1 aliphatic carbocycles. The van der Waals surface area contributed by atoms with Crippen LogP contribution in [0.15, 0.2) is 60.3 Å². The van der Waals surface area contributed by atoms with Crippen LogP contribution in [-0.2, 0) is 55.4 Å². The number of amides is 1. The van der Waals surface area contributed by atoms with Crippen LogP contribution in [0.5, 0.6) is 5.75 Å². The number of nitrogens with one attached hydrogen (secondary N) is 1. The number of aliphatic hydroxyl groups is 1. The Balaban J connectivity index is 1.47. The number of allylic oxidation sites excluding steroid dienone is 1. The normalized spacial score (nSPS) is 31.8. The van der Waals surface area contributed by atoms with Crippen molar-refractivity contribution in [2.75, 3.05) is 45.8 Å².